The smallest absolute Gasteiger partial charge is 0.155 e. The van der Waals surface area contributed by atoms with E-state index in [1.165, 1.54) is 0 Å². The van der Waals surface area contributed by atoms with Gasteiger partial charge in [-0.3, -0.25) is 9.38 Å². The molecule has 0 aliphatic rings. The number of halogens is 1. The molecule has 3 heterocycles. The Morgan fingerprint density at radius 3 is 2.94 bits per heavy atom. The molecule has 1 N–H and O–H groups in total. The zero-order valence-electron chi connectivity index (χ0n) is 8.71. The predicted molar refractivity (Wildman–Crippen MR) is 65.1 cm³/mol. The monoisotopic (exact) mass is 245 g/mol. The predicted octanol–water partition coefficient (Wildman–Crippen LogP) is 2.76. The highest BCUT2D eigenvalue weighted by atomic mass is 35.5. The molecule has 0 spiro atoms. The average Bonchev–Trinajstić information content (AvgIpc) is 2.68. The lowest BCUT2D eigenvalue weighted by Crippen LogP contribution is -1.88. The van der Waals surface area contributed by atoms with E-state index in [-0.39, 0.29) is 5.75 Å². The van der Waals surface area contributed by atoms with Gasteiger partial charge in [0.15, 0.2) is 5.15 Å². The van der Waals surface area contributed by atoms with Gasteiger partial charge in [-0.05, 0) is 18.2 Å². The summed E-state index contributed by atoms with van der Waals surface area (Å²) in [6.45, 7) is 0. The van der Waals surface area contributed by atoms with E-state index in [1.807, 2.05) is 16.5 Å². The minimum atomic E-state index is 0.164. The summed E-state index contributed by atoms with van der Waals surface area (Å²) in [5, 5.41) is 9.78. The van der Waals surface area contributed by atoms with Crippen LogP contribution < -0.4 is 0 Å². The first-order valence-electron chi connectivity index (χ1n) is 5.02. The van der Waals surface area contributed by atoms with Crippen LogP contribution in [0.4, 0.5) is 0 Å². The van der Waals surface area contributed by atoms with Crippen molar-refractivity contribution < 1.29 is 5.11 Å². The number of imidazole rings is 1. The zero-order valence-corrected chi connectivity index (χ0v) is 9.46. The number of hydrogen-bond acceptors (Lipinski definition) is 3. The molecule has 0 aliphatic carbocycles. The molecule has 4 nitrogen and oxygen atoms in total. The Labute approximate surface area is 102 Å². The van der Waals surface area contributed by atoms with Gasteiger partial charge in [-0.1, -0.05) is 11.6 Å². The summed E-state index contributed by atoms with van der Waals surface area (Å²) in [6.07, 6.45) is 5.15. The molecule has 0 saturated heterocycles. The van der Waals surface area contributed by atoms with Crippen molar-refractivity contribution in [2.24, 2.45) is 0 Å². The molecule has 0 radical (unpaired) electrons. The lowest BCUT2D eigenvalue weighted by Gasteiger charge is -2.00. The standard InChI is InChI=1S/C12H8ClN3O/c13-11-10-6-9(17)3-5-16(10)12(15-11)8-2-1-4-14-7-8/h1-7,17H. The topological polar surface area (TPSA) is 50.4 Å². The van der Waals surface area contributed by atoms with Crippen LogP contribution in [0.3, 0.4) is 0 Å². The lowest BCUT2D eigenvalue weighted by molar-refractivity contribution is 0.475. The van der Waals surface area contributed by atoms with E-state index in [0.29, 0.717) is 16.5 Å². The fraction of sp³-hybridized carbons (Fsp3) is 0. The van der Waals surface area contributed by atoms with Crippen molar-refractivity contribution in [3.05, 3.63) is 48.0 Å². The Morgan fingerprint density at radius 1 is 1.29 bits per heavy atom. The molecule has 0 bridgehead atoms. The molecule has 0 fully saturated rings. The van der Waals surface area contributed by atoms with Gasteiger partial charge in [-0.15, -0.1) is 0 Å². The number of aromatic nitrogens is 3. The average molecular weight is 246 g/mol. The third kappa shape index (κ3) is 1.62. The van der Waals surface area contributed by atoms with Gasteiger partial charge in [0.25, 0.3) is 0 Å². The van der Waals surface area contributed by atoms with E-state index in [1.54, 1.807) is 30.7 Å². The van der Waals surface area contributed by atoms with Crippen molar-refractivity contribution in [1.29, 1.82) is 0 Å². The Hall–Kier alpha value is -2.07. The second-order valence-corrected chi connectivity index (χ2v) is 3.97. The molecule has 0 atom stereocenters. The van der Waals surface area contributed by atoms with Crippen molar-refractivity contribution in [3.63, 3.8) is 0 Å². The first-order chi connectivity index (χ1) is 8.25. The summed E-state index contributed by atoms with van der Waals surface area (Å²) >= 11 is 6.04. The highest BCUT2D eigenvalue weighted by Crippen LogP contribution is 2.27. The zero-order chi connectivity index (χ0) is 11.8. The summed E-state index contributed by atoms with van der Waals surface area (Å²) in [5.74, 6) is 0.870. The Morgan fingerprint density at radius 2 is 2.18 bits per heavy atom. The van der Waals surface area contributed by atoms with E-state index < -0.39 is 0 Å². The Kier molecular flexibility index (Phi) is 2.23. The molecular weight excluding hydrogens is 238 g/mol. The minimum Gasteiger partial charge on any atom is -0.508 e. The summed E-state index contributed by atoms with van der Waals surface area (Å²) in [5.41, 5.74) is 1.55. The normalized spacial score (nSPS) is 10.9. The molecule has 3 rings (SSSR count). The first-order valence-corrected chi connectivity index (χ1v) is 5.40. The summed E-state index contributed by atoms with van der Waals surface area (Å²) in [4.78, 5) is 8.33. The van der Waals surface area contributed by atoms with Gasteiger partial charge in [-0.2, -0.15) is 0 Å². The van der Waals surface area contributed by atoms with Crippen LogP contribution >= 0.6 is 11.6 Å². The van der Waals surface area contributed by atoms with Crippen LogP contribution in [-0.4, -0.2) is 19.5 Å². The third-order valence-electron chi connectivity index (χ3n) is 2.50. The number of nitrogens with zero attached hydrogens (tertiary/aromatic N) is 3. The summed E-state index contributed by atoms with van der Waals surface area (Å²) in [7, 11) is 0. The molecule has 84 valence electrons. The molecule has 5 heteroatoms. The van der Waals surface area contributed by atoms with Gasteiger partial charge in [0, 0.05) is 30.2 Å². The van der Waals surface area contributed by atoms with Gasteiger partial charge in [0.2, 0.25) is 0 Å². The van der Waals surface area contributed by atoms with Crippen molar-refractivity contribution in [2.45, 2.75) is 0 Å². The van der Waals surface area contributed by atoms with Gasteiger partial charge in [0.1, 0.15) is 11.6 Å². The molecule has 0 aliphatic heterocycles. The Bertz CT molecular complexity index is 679. The molecule has 0 amide bonds. The van der Waals surface area contributed by atoms with Crippen LogP contribution in [0, 0.1) is 0 Å². The number of rotatable bonds is 1. The molecule has 3 aromatic heterocycles. The maximum atomic E-state index is 9.42. The fourth-order valence-electron chi connectivity index (χ4n) is 1.74. The first kappa shape index (κ1) is 10.1. The van der Waals surface area contributed by atoms with E-state index in [9.17, 15) is 5.11 Å². The van der Waals surface area contributed by atoms with Crippen LogP contribution in [0.2, 0.25) is 5.15 Å². The second-order valence-electron chi connectivity index (χ2n) is 3.61. The Balaban J connectivity index is 2.32. The van der Waals surface area contributed by atoms with Gasteiger partial charge < -0.3 is 5.11 Å². The number of hydrogen-bond donors (Lipinski definition) is 1. The van der Waals surface area contributed by atoms with Crippen LogP contribution in [0.15, 0.2) is 42.9 Å². The van der Waals surface area contributed by atoms with Crippen LogP contribution in [-0.2, 0) is 0 Å². The van der Waals surface area contributed by atoms with E-state index >= 15 is 0 Å². The largest absolute Gasteiger partial charge is 0.508 e. The SMILES string of the molecule is Oc1ccn2c(-c3cccnc3)nc(Cl)c2c1. The van der Waals surface area contributed by atoms with E-state index in [4.69, 9.17) is 11.6 Å². The van der Waals surface area contributed by atoms with Crippen molar-refractivity contribution >= 4 is 17.1 Å². The maximum absolute atomic E-state index is 9.42. The molecule has 0 saturated carbocycles. The van der Waals surface area contributed by atoms with Crippen molar-refractivity contribution in [1.82, 2.24) is 14.4 Å². The highest BCUT2D eigenvalue weighted by molar-refractivity contribution is 6.33. The van der Waals surface area contributed by atoms with E-state index in [0.717, 1.165) is 5.56 Å². The maximum Gasteiger partial charge on any atom is 0.155 e. The molecule has 3 aromatic rings. The van der Waals surface area contributed by atoms with Gasteiger partial charge in [0.05, 0.1) is 5.52 Å². The summed E-state index contributed by atoms with van der Waals surface area (Å²) < 4.78 is 1.82. The van der Waals surface area contributed by atoms with E-state index in [2.05, 4.69) is 9.97 Å². The third-order valence-corrected chi connectivity index (χ3v) is 2.78. The lowest BCUT2D eigenvalue weighted by atomic mass is 10.3. The number of fused-ring (bicyclic) bond motifs is 1. The van der Waals surface area contributed by atoms with Crippen molar-refractivity contribution in [2.75, 3.05) is 0 Å². The molecular formula is C12H8ClN3O. The fourth-order valence-corrected chi connectivity index (χ4v) is 1.96. The van der Waals surface area contributed by atoms with Crippen LogP contribution in [0.5, 0.6) is 5.75 Å². The minimum absolute atomic E-state index is 0.164. The highest BCUT2D eigenvalue weighted by Gasteiger charge is 2.11. The number of aromatic hydroxyl groups is 1. The van der Waals surface area contributed by atoms with Crippen LogP contribution in [0.1, 0.15) is 0 Å². The molecule has 17 heavy (non-hydrogen) atoms. The van der Waals surface area contributed by atoms with Crippen molar-refractivity contribution in [3.8, 4) is 17.1 Å². The van der Waals surface area contributed by atoms with Crippen LogP contribution in [0.25, 0.3) is 16.9 Å². The molecule has 0 unspecified atom stereocenters. The summed E-state index contributed by atoms with van der Waals surface area (Å²) in [6, 6.07) is 6.91. The van der Waals surface area contributed by atoms with Gasteiger partial charge >= 0.3 is 0 Å². The van der Waals surface area contributed by atoms with Gasteiger partial charge in [-0.25, -0.2) is 4.98 Å². The quantitative estimate of drug-likeness (QED) is 0.717. The molecule has 0 aromatic carbocycles. The number of pyridine rings is 2. The second kappa shape index (κ2) is 3.75.